The minimum Gasteiger partial charge on any atom is -0.480 e. The highest BCUT2D eigenvalue weighted by Crippen LogP contribution is 2.59. The summed E-state index contributed by atoms with van der Waals surface area (Å²) in [4.78, 5) is 37.9. The highest BCUT2D eigenvalue weighted by Gasteiger charge is 2.68. The molecule has 0 aromatic carbocycles. The maximum atomic E-state index is 12.5. The molecule has 1 heterocycles. The van der Waals surface area contributed by atoms with Gasteiger partial charge in [-0.2, -0.15) is 0 Å². The van der Waals surface area contributed by atoms with E-state index in [0.29, 0.717) is 25.8 Å². The van der Waals surface area contributed by atoms with Crippen LogP contribution in [0.15, 0.2) is 11.6 Å². The highest BCUT2D eigenvalue weighted by atomic mass is 16.6. The van der Waals surface area contributed by atoms with Crippen molar-refractivity contribution in [2.45, 2.75) is 91.3 Å². The number of nitrogens with one attached hydrogen (secondary N) is 1. The van der Waals surface area contributed by atoms with E-state index in [4.69, 9.17) is 4.74 Å². The first kappa shape index (κ1) is 23.2. The average Bonchev–Trinajstić information content (AvgIpc) is 3.15. The Balaban J connectivity index is 1.89. The van der Waals surface area contributed by atoms with Crippen molar-refractivity contribution in [3.63, 3.8) is 0 Å². The molecule has 1 saturated carbocycles. The third-order valence-electron chi connectivity index (χ3n) is 5.69. The molecule has 1 aliphatic heterocycles. The first-order valence-corrected chi connectivity index (χ1v) is 10.5. The van der Waals surface area contributed by atoms with Crippen LogP contribution < -0.4 is 5.32 Å². The fraction of sp³-hybridized carbons (Fsp3) is 0.773. The van der Waals surface area contributed by atoms with Gasteiger partial charge in [-0.05, 0) is 66.2 Å². The summed E-state index contributed by atoms with van der Waals surface area (Å²) >= 11 is 0. The molecule has 2 N–H and O–H groups in total. The van der Waals surface area contributed by atoms with Gasteiger partial charge in [-0.15, -0.1) is 0 Å². The molecule has 0 bridgehead atoms. The van der Waals surface area contributed by atoms with Crippen molar-refractivity contribution in [2.24, 2.45) is 11.3 Å². The van der Waals surface area contributed by atoms with E-state index in [9.17, 15) is 19.5 Å². The summed E-state index contributed by atoms with van der Waals surface area (Å²) in [5, 5.41) is 12.5. The van der Waals surface area contributed by atoms with Crippen LogP contribution in [0.1, 0.15) is 73.6 Å². The second-order valence-electron chi connectivity index (χ2n) is 9.97. The van der Waals surface area contributed by atoms with E-state index < -0.39 is 23.7 Å². The first-order valence-electron chi connectivity index (χ1n) is 10.5. The summed E-state index contributed by atoms with van der Waals surface area (Å²) in [6, 6.07) is -1.09. The third kappa shape index (κ3) is 6.21. The van der Waals surface area contributed by atoms with Gasteiger partial charge in [-0.3, -0.25) is 9.69 Å². The van der Waals surface area contributed by atoms with Crippen molar-refractivity contribution in [1.82, 2.24) is 10.2 Å². The largest absolute Gasteiger partial charge is 0.480 e. The number of hydrogen-bond donors (Lipinski definition) is 2. The zero-order valence-electron chi connectivity index (χ0n) is 18.6. The summed E-state index contributed by atoms with van der Waals surface area (Å²) in [5.74, 6) is -0.759. The van der Waals surface area contributed by atoms with Gasteiger partial charge in [-0.25, -0.2) is 9.59 Å². The summed E-state index contributed by atoms with van der Waals surface area (Å²) in [7, 11) is 0. The van der Waals surface area contributed by atoms with Gasteiger partial charge in [0.1, 0.15) is 11.6 Å². The lowest BCUT2D eigenvalue weighted by Crippen LogP contribution is -2.45. The molecule has 0 spiro atoms. The number of carboxylic acid groups (broad SMARTS) is 1. The lowest BCUT2D eigenvalue weighted by Gasteiger charge is -2.28. The van der Waals surface area contributed by atoms with E-state index in [-0.39, 0.29) is 23.3 Å². The molecule has 0 aromatic heterocycles. The molecular formula is C22H36N2O5. The maximum Gasteiger partial charge on any atom is 0.411 e. The van der Waals surface area contributed by atoms with Gasteiger partial charge in [0.15, 0.2) is 0 Å². The number of nitrogens with zero attached hydrogens (tertiary/aromatic N) is 1. The van der Waals surface area contributed by atoms with Crippen LogP contribution in [0.3, 0.4) is 0 Å². The predicted molar refractivity (Wildman–Crippen MR) is 110 cm³/mol. The lowest BCUT2D eigenvalue weighted by atomic mass is 9.98. The minimum atomic E-state index is -1.03. The van der Waals surface area contributed by atoms with Gasteiger partial charge in [0.2, 0.25) is 5.91 Å². The monoisotopic (exact) mass is 408 g/mol. The Morgan fingerprint density at radius 1 is 1.28 bits per heavy atom. The minimum absolute atomic E-state index is 0.0164. The van der Waals surface area contributed by atoms with Crippen LogP contribution in [0.25, 0.3) is 0 Å². The predicted octanol–water partition coefficient (Wildman–Crippen LogP) is 3.73. The standard InChI is InChI=1S/C22H36N2O5/c1-14(2)8-7-9-15(3)10-18(25)23-13-22-11-16(19(26)27)24(17(22)12-22)20(28)29-21(4,5)6/h8,15-17H,7,9-13H2,1-6H3,(H,23,25)(H,26,27)/t15-,16+,17-,22+/m1/s1. The Bertz CT molecular complexity index is 677. The molecule has 7 nitrogen and oxygen atoms in total. The van der Waals surface area contributed by atoms with Crippen LogP contribution in [0.5, 0.6) is 0 Å². The van der Waals surface area contributed by atoms with E-state index >= 15 is 0 Å². The van der Waals surface area contributed by atoms with Crippen molar-refractivity contribution in [3.8, 4) is 0 Å². The normalized spacial score (nSPS) is 26.3. The molecule has 0 aromatic rings. The average molecular weight is 409 g/mol. The smallest absolute Gasteiger partial charge is 0.411 e. The highest BCUT2D eigenvalue weighted by molar-refractivity contribution is 5.82. The number of carboxylic acids is 1. The van der Waals surface area contributed by atoms with Crippen molar-refractivity contribution in [3.05, 3.63) is 11.6 Å². The molecule has 2 fully saturated rings. The molecular weight excluding hydrogens is 372 g/mol. The van der Waals surface area contributed by atoms with Crippen LogP contribution in [-0.2, 0) is 14.3 Å². The van der Waals surface area contributed by atoms with E-state index in [1.54, 1.807) is 20.8 Å². The Morgan fingerprint density at radius 2 is 1.93 bits per heavy atom. The van der Waals surface area contributed by atoms with Gasteiger partial charge in [0, 0.05) is 24.4 Å². The Labute approximate surface area is 173 Å². The van der Waals surface area contributed by atoms with Crippen molar-refractivity contribution < 1.29 is 24.2 Å². The summed E-state index contributed by atoms with van der Waals surface area (Å²) in [5.41, 5.74) is 0.251. The summed E-state index contributed by atoms with van der Waals surface area (Å²) < 4.78 is 5.41. The number of amides is 2. The number of fused-ring (bicyclic) bond motifs is 1. The van der Waals surface area contributed by atoms with E-state index in [0.717, 1.165) is 12.8 Å². The number of allylic oxidation sites excluding steroid dienone is 2. The van der Waals surface area contributed by atoms with Gasteiger partial charge < -0.3 is 15.2 Å². The van der Waals surface area contributed by atoms with Crippen molar-refractivity contribution in [2.75, 3.05) is 6.54 Å². The van der Waals surface area contributed by atoms with Crippen LogP contribution >= 0.6 is 0 Å². The topological polar surface area (TPSA) is 95.9 Å². The molecule has 1 saturated heterocycles. The van der Waals surface area contributed by atoms with E-state index in [2.05, 4.69) is 32.2 Å². The van der Waals surface area contributed by atoms with Crippen LogP contribution in [-0.4, -0.2) is 52.2 Å². The Hall–Kier alpha value is -2.05. The number of ether oxygens (including phenoxy) is 1. The van der Waals surface area contributed by atoms with Gasteiger partial charge in [-0.1, -0.05) is 18.6 Å². The van der Waals surface area contributed by atoms with E-state index in [1.807, 2.05) is 0 Å². The number of piperidine rings is 1. The fourth-order valence-electron chi connectivity index (χ4n) is 4.10. The Morgan fingerprint density at radius 3 is 2.48 bits per heavy atom. The number of hydrogen-bond acceptors (Lipinski definition) is 4. The summed E-state index contributed by atoms with van der Waals surface area (Å²) in [6.07, 6.45) is 5.02. The van der Waals surface area contributed by atoms with Gasteiger partial charge in [0.25, 0.3) is 0 Å². The van der Waals surface area contributed by atoms with Crippen LogP contribution in [0, 0.1) is 11.3 Å². The number of rotatable bonds is 8. The summed E-state index contributed by atoms with van der Waals surface area (Å²) in [6.45, 7) is 11.9. The molecule has 164 valence electrons. The molecule has 0 unspecified atom stereocenters. The second kappa shape index (κ2) is 8.76. The molecule has 1 aliphatic carbocycles. The van der Waals surface area contributed by atoms with Crippen molar-refractivity contribution >= 4 is 18.0 Å². The quantitative estimate of drug-likeness (QED) is 0.597. The zero-order valence-corrected chi connectivity index (χ0v) is 18.6. The lowest BCUT2D eigenvalue weighted by molar-refractivity contribution is -0.142. The fourth-order valence-corrected chi connectivity index (χ4v) is 4.10. The molecule has 7 heteroatoms. The van der Waals surface area contributed by atoms with Crippen LogP contribution in [0.2, 0.25) is 0 Å². The number of likely N-dealkylation sites (tertiary alicyclic amines) is 1. The third-order valence-corrected chi connectivity index (χ3v) is 5.69. The first-order chi connectivity index (χ1) is 13.3. The Kier molecular flexibility index (Phi) is 7.01. The van der Waals surface area contributed by atoms with E-state index in [1.165, 1.54) is 10.5 Å². The molecule has 2 aliphatic rings. The van der Waals surface area contributed by atoms with Gasteiger partial charge in [0.05, 0.1) is 0 Å². The number of carbonyl (C=O) groups excluding carboxylic acids is 2. The molecule has 2 amide bonds. The zero-order chi connectivity index (χ0) is 22.0. The molecule has 4 atom stereocenters. The van der Waals surface area contributed by atoms with Gasteiger partial charge >= 0.3 is 12.1 Å². The number of carbonyl (C=O) groups is 3. The van der Waals surface area contributed by atoms with Crippen LogP contribution in [0.4, 0.5) is 4.79 Å². The maximum absolute atomic E-state index is 12.5. The SMILES string of the molecule is CC(C)=CCC[C@@H](C)CC(=O)NC[C@@]12C[C@@H](C(=O)O)N(C(=O)OC(C)(C)C)[C@@H]1C2. The van der Waals surface area contributed by atoms with Crippen molar-refractivity contribution in [1.29, 1.82) is 0 Å². The molecule has 29 heavy (non-hydrogen) atoms. The molecule has 2 rings (SSSR count). The molecule has 0 radical (unpaired) electrons. The second-order valence-corrected chi connectivity index (χ2v) is 9.97. The number of aliphatic carboxylic acids is 1.